The van der Waals surface area contributed by atoms with Crippen molar-refractivity contribution in [2.75, 3.05) is 11.6 Å². The minimum atomic E-state index is -0.112. The summed E-state index contributed by atoms with van der Waals surface area (Å²) in [5.41, 5.74) is 2.84. The van der Waals surface area contributed by atoms with Gasteiger partial charge in [-0.2, -0.15) is 5.01 Å². The van der Waals surface area contributed by atoms with Crippen LogP contribution in [0.15, 0.2) is 29.2 Å². The Kier molecular flexibility index (Phi) is 6.35. The summed E-state index contributed by atoms with van der Waals surface area (Å²) in [6.45, 7) is 6.45. The third-order valence-electron chi connectivity index (χ3n) is 3.82. The Bertz CT molecular complexity index is 918. The number of ether oxygens (including phenoxy) is 1. The number of thioether (sulfide) groups is 1. The number of rotatable bonds is 4. The van der Waals surface area contributed by atoms with Crippen molar-refractivity contribution in [2.45, 2.75) is 20.8 Å². The molecule has 0 unspecified atom stereocenters. The first-order valence-corrected chi connectivity index (χ1v) is 11.3. The molecule has 1 saturated heterocycles. The summed E-state index contributed by atoms with van der Waals surface area (Å²) in [7, 11) is 0. The van der Waals surface area contributed by atoms with Crippen LogP contribution >= 0.6 is 69.2 Å². The van der Waals surface area contributed by atoms with Gasteiger partial charge in [-0.25, -0.2) is 0 Å². The summed E-state index contributed by atoms with van der Waals surface area (Å²) < 4.78 is 10.3. The molecule has 1 aromatic carbocycles. The lowest BCUT2D eigenvalue weighted by atomic mass is 10.2. The quantitative estimate of drug-likeness (QED) is 0.269. The molecule has 1 amide bonds. The maximum absolute atomic E-state index is 13.0. The van der Waals surface area contributed by atoms with E-state index in [0.717, 1.165) is 29.8 Å². The highest BCUT2D eigenvalue weighted by molar-refractivity contribution is 14.1. The van der Waals surface area contributed by atoms with E-state index in [1.807, 2.05) is 49.7 Å². The Morgan fingerprint density at radius 2 is 1.88 bits per heavy atom. The summed E-state index contributed by atoms with van der Waals surface area (Å²) in [5, 5.41) is 1.57. The Hall–Kier alpha value is -0.590. The molecule has 2 aromatic rings. The highest BCUT2D eigenvalue weighted by atomic mass is 127. The van der Waals surface area contributed by atoms with Crippen molar-refractivity contribution >= 4 is 85.5 Å². The molecule has 4 nitrogen and oxygen atoms in total. The number of hydrogen-bond donors (Lipinski definition) is 0. The molecule has 2 heterocycles. The van der Waals surface area contributed by atoms with Crippen LogP contribution in [0.4, 0.5) is 0 Å². The highest BCUT2D eigenvalue weighted by Gasteiger charge is 2.35. The van der Waals surface area contributed by atoms with Gasteiger partial charge in [0.15, 0.2) is 4.32 Å². The zero-order valence-electron chi connectivity index (χ0n) is 14.4. The fourth-order valence-electron chi connectivity index (χ4n) is 2.73. The molecule has 3 rings (SSSR count). The van der Waals surface area contributed by atoms with Crippen molar-refractivity contribution in [3.05, 3.63) is 53.3 Å². The van der Waals surface area contributed by atoms with Gasteiger partial charge in [0.25, 0.3) is 5.91 Å². The molecule has 8 heteroatoms. The first kappa shape index (κ1) is 20.2. The second kappa shape index (κ2) is 8.19. The van der Waals surface area contributed by atoms with Crippen molar-refractivity contribution in [2.24, 2.45) is 0 Å². The van der Waals surface area contributed by atoms with E-state index in [0.29, 0.717) is 15.8 Å². The van der Waals surface area contributed by atoms with E-state index in [1.54, 1.807) is 5.01 Å². The molecule has 0 saturated carbocycles. The normalized spacial score (nSPS) is 16.0. The molecule has 0 radical (unpaired) electrons. The van der Waals surface area contributed by atoms with E-state index >= 15 is 0 Å². The number of thiocarbonyl (C=S) groups is 1. The third kappa shape index (κ3) is 3.83. The molecule has 26 heavy (non-hydrogen) atoms. The van der Waals surface area contributed by atoms with E-state index < -0.39 is 0 Å². The van der Waals surface area contributed by atoms with Crippen LogP contribution in [0.2, 0.25) is 0 Å². The maximum Gasteiger partial charge on any atom is 0.285 e. The van der Waals surface area contributed by atoms with Crippen LogP contribution < -0.4 is 9.75 Å². The van der Waals surface area contributed by atoms with E-state index in [2.05, 4.69) is 51.2 Å². The minimum Gasteiger partial charge on any atom is -0.492 e. The highest BCUT2D eigenvalue weighted by Crippen LogP contribution is 2.36. The van der Waals surface area contributed by atoms with Crippen molar-refractivity contribution in [3.8, 4) is 5.75 Å². The van der Waals surface area contributed by atoms with Gasteiger partial charge < -0.3 is 4.74 Å². The first-order chi connectivity index (χ1) is 12.3. The van der Waals surface area contributed by atoms with Crippen LogP contribution in [0.25, 0.3) is 6.08 Å². The Morgan fingerprint density at radius 3 is 2.50 bits per heavy atom. The number of carbonyl (C=O) groups excluding carboxylic acids is 1. The lowest BCUT2D eigenvalue weighted by molar-refractivity contribution is -0.114. The van der Waals surface area contributed by atoms with Crippen LogP contribution in [0.3, 0.4) is 0 Å². The SMILES string of the molecule is CCOc1c(I)cc(I)cc1/C=C1/SC(=S)N(n2c(C)ccc2C)C1=O. The Morgan fingerprint density at radius 1 is 1.23 bits per heavy atom. The predicted molar refractivity (Wildman–Crippen MR) is 128 cm³/mol. The largest absolute Gasteiger partial charge is 0.492 e. The molecule has 136 valence electrons. The first-order valence-electron chi connectivity index (χ1n) is 7.88. The molecule has 0 spiro atoms. The number of hydrogen-bond acceptors (Lipinski definition) is 4. The van der Waals surface area contributed by atoms with Gasteiger partial charge in [-0.1, -0.05) is 11.8 Å². The monoisotopic (exact) mass is 610 g/mol. The average molecular weight is 610 g/mol. The molecule has 1 aromatic heterocycles. The smallest absolute Gasteiger partial charge is 0.285 e. The number of aromatic nitrogens is 1. The fourth-order valence-corrected chi connectivity index (χ4v) is 6.01. The molecule has 1 fully saturated rings. The Labute approximate surface area is 189 Å². The van der Waals surface area contributed by atoms with Gasteiger partial charge in [0.2, 0.25) is 0 Å². The zero-order valence-corrected chi connectivity index (χ0v) is 20.3. The van der Waals surface area contributed by atoms with E-state index in [4.69, 9.17) is 17.0 Å². The molecule has 0 N–H and O–H groups in total. The zero-order chi connectivity index (χ0) is 19.0. The Balaban J connectivity index is 2.04. The summed E-state index contributed by atoms with van der Waals surface area (Å²) in [4.78, 5) is 13.6. The van der Waals surface area contributed by atoms with E-state index in [9.17, 15) is 4.79 Å². The van der Waals surface area contributed by atoms with Crippen molar-refractivity contribution in [1.82, 2.24) is 4.68 Å². The number of carbonyl (C=O) groups is 1. The van der Waals surface area contributed by atoms with Gasteiger partial charge in [0.05, 0.1) is 15.1 Å². The molecule has 0 atom stereocenters. The number of benzene rings is 1. The topological polar surface area (TPSA) is 34.5 Å². The lowest BCUT2D eigenvalue weighted by Gasteiger charge is -2.20. The second-order valence-corrected chi connectivity index (χ2v) is 9.74. The molecule has 0 aliphatic carbocycles. The number of halogens is 2. The molecule has 0 bridgehead atoms. The van der Waals surface area contributed by atoms with Gasteiger partial charge in [-0.05, 0) is 109 Å². The van der Waals surface area contributed by atoms with Crippen LogP contribution in [-0.4, -0.2) is 21.5 Å². The van der Waals surface area contributed by atoms with Gasteiger partial charge in [-0.3, -0.25) is 9.47 Å². The average Bonchev–Trinajstić information content (AvgIpc) is 3.02. The van der Waals surface area contributed by atoms with Crippen molar-refractivity contribution in [1.29, 1.82) is 0 Å². The van der Waals surface area contributed by atoms with Crippen LogP contribution in [0.5, 0.6) is 5.75 Å². The van der Waals surface area contributed by atoms with Crippen LogP contribution in [-0.2, 0) is 4.79 Å². The summed E-state index contributed by atoms with van der Waals surface area (Å²) >= 11 is 11.3. The van der Waals surface area contributed by atoms with E-state index in [-0.39, 0.29) is 5.91 Å². The van der Waals surface area contributed by atoms with Crippen molar-refractivity contribution < 1.29 is 9.53 Å². The number of nitrogens with zero attached hydrogens (tertiary/aromatic N) is 2. The minimum absolute atomic E-state index is 0.112. The van der Waals surface area contributed by atoms with Gasteiger partial charge >= 0.3 is 0 Å². The third-order valence-corrected chi connectivity index (χ3v) is 6.53. The molecule has 1 aliphatic rings. The standard InChI is InChI=1S/C18H16I2N2O2S2/c1-4-24-16-12(7-13(19)9-14(16)20)8-15-17(23)22(18(25)26-15)21-10(2)5-6-11(21)3/h5-9H,4H2,1-3H3/b15-8+. The van der Waals surface area contributed by atoms with Crippen LogP contribution in [0.1, 0.15) is 23.9 Å². The van der Waals surface area contributed by atoms with Gasteiger partial charge in [0, 0.05) is 20.5 Å². The maximum atomic E-state index is 13.0. The number of amides is 1. The molecular weight excluding hydrogens is 594 g/mol. The lowest BCUT2D eigenvalue weighted by Crippen LogP contribution is -2.39. The fraction of sp³-hybridized carbons (Fsp3) is 0.222. The van der Waals surface area contributed by atoms with Gasteiger partial charge in [0.1, 0.15) is 5.75 Å². The van der Waals surface area contributed by atoms with E-state index in [1.165, 1.54) is 11.8 Å². The summed E-state index contributed by atoms with van der Waals surface area (Å²) in [5.74, 6) is 0.686. The summed E-state index contributed by atoms with van der Waals surface area (Å²) in [6, 6.07) is 8.03. The molecule has 1 aliphatic heterocycles. The number of aryl methyl sites for hydroxylation is 2. The van der Waals surface area contributed by atoms with Crippen molar-refractivity contribution in [3.63, 3.8) is 0 Å². The second-order valence-electron chi connectivity index (χ2n) is 5.66. The summed E-state index contributed by atoms with van der Waals surface area (Å²) in [6.07, 6.45) is 1.88. The predicted octanol–water partition coefficient (Wildman–Crippen LogP) is 5.25. The molecular formula is C18H16I2N2O2S2. The van der Waals surface area contributed by atoms with Crippen LogP contribution in [0, 0.1) is 21.0 Å². The van der Waals surface area contributed by atoms with Gasteiger partial charge in [-0.15, -0.1) is 0 Å².